The van der Waals surface area contributed by atoms with Gasteiger partial charge in [0.1, 0.15) is 11.6 Å². The van der Waals surface area contributed by atoms with Crippen molar-refractivity contribution in [1.29, 1.82) is 0 Å². The number of benzene rings is 1. The third kappa shape index (κ3) is 2.67. The summed E-state index contributed by atoms with van der Waals surface area (Å²) in [5.74, 6) is -0.567. The normalized spacial score (nSPS) is 10.3. The van der Waals surface area contributed by atoms with Gasteiger partial charge in [0, 0.05) is 16.0 Å². The number of aryl methyl sites for hydroxylation is 1. The van der Waals surface area contributed by atoms with Gasteiger partial charge in [-0.1, -0.05) is 6.07 Å². The highest BCUT2D eigenvalue weighted by Gasteiger charge is 2.16. The average molecular weight is 316 g/mol. The SMILES string of the molecule is Cc1nsc(NC(=O)c2c(F)cccc2Br)n1. The highest BCUT2D eigenvalue weighted by atomic mass is 79.9. The van der Waals surface area contributed by atoms with E-state index in [-0.39, 0.29) is 5.56 Å². The van der Waals surface area contributed by atoms with Gasteiger partial charge in [-0.25, -0.2) is 9.37 Å². The predicted octanol–water partition coefficient (Wildman–Crippen LogP) is 3.00. The van der Waals surface area contributed by atoms with Crippen LogP contribution in [-0.4, -0.2) is 15.3 Å². The lowest BCUT2D eigenvalue weighted by atomic mass is 10.2. The second-order valence-electron chi connectivity index (χ2n) is 3.20. The van der Waals surface area contributed by atoms with Crippen molar-refractivity contribution in [2.24, 2.45) is 0 Å². The third-order valence-electron chi connectivity index (χ3n) is 1.94. The number of hydrogen-bond donors (Lipinski definition) is 1. The number of nitrogens with one attached hydrogen (secondary N) is 1. The van der Waals surface area contributed by atoms with Crippen LogP contribution in [0.25, 0.3) is 0 Å². The quantitative estimate of drug-likeness (QED) is 0.926. The smallest absolute Gasteiger partial charge is 0.261 e. The van der Waals surface area contributed by atoms with Gasteiger partial charge in [0.15, 0.2) is 0 Å². The van der Waals surface area contributed by atoms with Crippen LogP contribution in [0.2, 0.25) is 0 Å². The van der Waals surface area contributed by atoms with Gasteiger partial charge in [0.25, 0.3) is 5.91 Å². The number of hydrogen-bond acceptors (Lipinski definition) is 4. The molecule has 2 rings (SSSR count). The fourth-order valence-electron chi connectivity index (χ4n) is 1.22. The minimum atomic E-state index is -0.585. The summed E-state index contributed by atoms with van der Waals surface area (Å²) in [6, 6.07) is 4.35. The van der Waals surface area contributed by atoms with E-state index in [1.54, 1.807) is 13.0 Å². The molecule has 0 atom stereocenters. The summed E-state index contributed by atoms with van der Waals surface area (Å²) in [5, 5.41) is 2.85. The first kappa shape index (κ1) is 12.1. The summed E-state index contributed by atoms with van der Waals surface area (Å²) in [6.07, 6.45) is 0. The number of nitrogens with zero attached hydrogens (tertiary/aromatic N) is 2. The summed E-state index contributed by atoms with van der Waals surface area (Å²) in [7, 11) is 0. The number of halogens is 2. The van der Waals surface area contributed by atoms with Crippen molar-refractivity contribution < 1.29 is 9.18 Å². The van der Waals surface area contributed by atoms with Crippen molar-refractivity contribution in [3.8, 4) is 0 Å². The molecule has 4 nitrogen and oxygen atoms in total. The van der Waals surface area contributed by atoms with Crippen LogP contribution in [0, 0.1) is 12.7 Å². The molecule has 0 aliphatic rings. The molecule has 1 amide bonds. The van der Waals surface area contributed by atoms with Crippen LogP contribution in [0.15, 0.2) is 22.7 Å². The molecule has 88 valence electrons. The molecule has 0 radical (unpaired) electrons. The van der Waals surface area contributed by atoms with E-state index in [0.29, 0.717) is 15.4 Å². The van der Waals surface area contributed by atoms with Gasteiger partial charge in [-0.2, -0.15) is 4.37 Å². The third-order valence-corrected chi connectivity index (χ3v) is 3.32. The van der Waals surface area contributed by atoms with Crippen molar-refractivity contribution in [2.75, 3.05) is 5.32 Å². The van der Waals surface area contributed by atoms with E-state index >= 15 is 0 Å². The first-order chi connectivity index (χ1) is 8.08. The number of amides is 1. The summed E-state index contributed by atoms with van der Waals surface area (Å²) in [6.45, 7) is 1.71. The number of rotatable bonds is 2. The number of anilines is 1. The highest BCUT2D eigenvalue weighted by molar-refractivity contribution is 9.10. The summed E-state index contributed by atoms with van der Waals surface area (Å²) in [5.41, 5.74) is -0.0413. The molecule has 0 fully saturated rings. The van der Waals surface area contributed by atoms with Crippen molar-refractivity contribution >= 4 is 38.5 Å². The molecule has 0 aliphatic carbocycles. The predicted molar refractivity (Wildman–Crippen MR) is 66.7 cm³/mol. The van der Waals surface area contributed by atoms with E-state index in [9.17, 15) is 9.18 Å². The van der Waals surface area contributed by atoms with E-state index in [4.69, 9.17) is 0 Å². The van der Waals surface area contributed by atoms with Gasteiger partial charge in [-0.3, -0.25) is 10.1 Å². The lowest BCUT2D eigenvalue weighted by Crippen LogP contribution is -2.14. The van der Waals surface area contributed by atoms with Gasteiger partial charge in [-0.15, -0.1) is 0 Å². The molecule has 0 bridgehead atoms. The molecule has 1 N–H and O–H groups in total. The fourth-order valence-corrected chi connectivity index (χ4v) is 2.31. The van der Waals surface area contributed by atoms with Gasteiger partial charge in [0.2, 0.25) is 5.13 Å². The Kier molecular flexibility index (Phi) is 3.49. The molecule has 1 heterocycles. The maximum absolute atomic E-state index is 13.5. The van der Waals surface area contributed by atoms with Gasteiger partial charge < -0.3 is 0 Å². The van der Waals surface area contributed by atoms with Crippen LogP contribution in [0.3, 0.4) is 0 Å². The van der Waals surface area contributed by atoms with Crippen LogP contribution < -0.4 is 5.32 Å². The van der Waals surface area contributed by atoms with E-state index in [1.807, 2.05) is 0 Å². The van der Waals surface area contributed by atoms with Crippen LogP contribution in [0.5, 0.6) is 0 Å². The minimum Gasteiger partial charge on any atom is -0.296 e. The maximum Gasteiger partial charge on any atom is 0.261 e. The topological polar surface area (TPSA) is 54.9 Å². The van der Waals surface area contributed by atoms with Crippen molar-refractivity contribution in [3.05, 3.63) is 39.9 Å². The molecule has 1 aromatic carbocycles. The molecule has 0 aliphatic heterocycles. The first-order valence-electron chi connectivity index (χ1n) is 4.63. The number of carbonyl (C=O) groups excluding carboxylic acids is 1. The van der Waals surface area contributed by atoms with Crippen molar-refractivity contribution in [3.63, 3.8) is 0 Å². The van der Waals surface area contributed by atoms with Crippen molar-refractivity contribution in [1.82, 2.24) is 9.36 Å². The van der Waals surface area contributed by atoms with Crippen LogP contribution in [0.4, 0.5) is 9.52 Å². The summed E-state index contributed by atoms with van der Waals surface area (Å²) >= 11 is 4.19. The molecular weight excluding hydrogens is 309 g/mol. The second kappa shape index (κ2) is 4.89. The van der Waals surface area contributed by atoms with Gasteiger partial charge in [0.05, 0.1) is 5.56 Å². The van der Waals surface area contributed by atoms with E-state index < -0.39 is 11.7 Å². The Morgan fingerprint density at radius 3 is 2.88 bits per heavy atom. The molecule has 17 heavy (non-hydrogen) atoms. The molecule has 0 saturated heterocycles. The second-order valence-corrected chi connectivity index (χ2v) is 4.80. The van der Waals surface area contributed by atoms with Gasteiger partial charge >= 0.3 is 0 Å². The maximum atomic E-state index is 13.5. The Bertz CT molecular complexity index is 552. The summed E-state index contributed by atoms with van der Waals surface area (Å²) < 4.78 is 17.8. The Labute approximate surface area is 109 Å². The zero-order valence-electron chi connectivity index (χ0n) is 8.70. The Hall–Kier alpha value is -1.34. The molecular formula is C10H7BrFN3OS. The highest BCUT2D eigenvalue weighted by Crippen LogP contribution is 2.21. The molecule has 0 saturated carbocycles. The number of carbonyl (C=O) groups is 1. The molecule has 7 heteroatoms. The van der Waals surface area contributed by atoms with Crippen LogP contribution >= 0.6 is 27.5 Å². The van der Waals surface area contributed by atoms with E-state index in [2.05, 4.69) is 30.6 Å². The van der Waals surface area contributed by atoms with E-state index in [1.165, 1.54) is 12.1 Å². The standard InChI is InChI=1S/C10H7BrFN3OS/c1-5-13-10(17-15-5)14-9(16)8-6(11)3-2-4-7(8)12/h2-4H,1H3,(H,13,14,15,16). The lowest BCUT2D eigenvalue weighted by Gasteiger charge is -2.04. The Morgan fingerprint density at radius 2 is 2.29 bits per heavy atom. The average Bonchev–Trinajstić information content (AvgIpc) is 2.63. The van der Waals surface area contributed by atoms with Gasteiger partial charge in [-0.05, 0) is 35.0 Å². The van der Waals surface area contributed by atoms with Crippen LogP contribution in [0.1, 0.15) is 16.2 Å². The van der Waals surface area contributed by atoms with Crippen LogP contribution in [-0.2, 0) is 0 Å². The minimum absolute atomic E-state index is 0.0413. The Balaban J connectivity index is 2.26. The largest absolute Gasteiger partial charge is 0.296 e. The zero-order valence-corrected chi connectivity index (χ0v) is 11.1. The number of aromatic nitrogens is 2. The Morgan fingerprint density at radius 1 is 1.53 bits per heavy atom. The molecule has 2 aromatic rings. The molecule has 0 unspecified atom stereocenters. The van der Waals surface area contributed by atoms with E-state index in [0.717, 1.165) is 11.5 Å². The lowest BCUT2D eigenvalue weighted by molar-refractivity contribution is 0.102. The molecule has 1 aromatic heterocycles. The first-order valence-corrected chi connectivity index (χ1v) is 6.20. The fraction of sp³-hybridized carbons (Fsp3) is 0.100. The summed E-state index contributed by atoms with van der Waals surface area (Å²) in [4.78, 5) is 15.8. The zero-order chi connectivity index (χ0) is 12.4. The van der Waals surface area contributed by atoms with Crippen molar-refractivity contribution in [2.45, 2.75) is 6.92 Å². The monoisotopic (exact) mass is 315 g/mol. The molecule has 0 spiro atoms.